The third kappa shape index (κ3) is 3.68. The minimum atomic E-state index is -0.807. The Hall–Kier alpha value is -2.82. The Labute approximate surface area is 162 Å². The van der Waals surface area contributed by atoms with Gasteiger partial charge in [-0.3, -0.25) is 0 Å². The van der Waals surface area contributed by atoms with Crippen molar-refractivity contribution >= 4 is 22.6 Å². The fraction of sp³-hybridized carbons (Fsp3) is 0.136. The third-order valence-electron chi connectivity index (χ3n) is 4.45. The van der Waals surface area contributed by atoms with Crippen LogP contribution in [0.1, 0.15) is 17.5 Å². The highest BCUT2D eigenvalue weighted by atomic mass is 35.5. The molecular formula is C22H19ClN2O2. The molecule has 0 amide bonds. The first-order valence-electron chi connectivity index (χ1n) is 8.79. The zero-order valence-electron chi connectivity index (χ0n) is 14.6. The molecule has 3 aromatic carbocycles. The molecule has 4 rings (SSSR count). The number of benzene rings is 3. The van der Waals surface area contributed by atoms with Crippen molar-refractivity contribution in [3.8, 4) is 5.75 Å². The van der Waals surface area contributed by atoms with E-state index in [0.717, 1.165) is 16.6 Å². The summed E-state index contributed by atoms with van der Waals surface area (Å²) in [4.78, 5) is 4.66. The second kappa shape index (κ2) is 7.82. The summed E-state index contributed by atoms with van der Waals surface area (Å²) in [5.41, 5.74) is 2.62. The molecule has 27 heavy (non-hydrogen) atoms. The van der Waals surface area contributed by atoms with Crippen molar-refractivity contribution in [3.63, 3.8) is 0 Å². The maximum Gasteiger partial charge on any atom is 0.143 e. The van der Waals surface area contributed by atoms with Crippen molar-refractivity contribution in [2.45, 2.75) is 12.6 Å². The molecule has 0 unspecified atom stereocenters. The number of aliphatic hydroxyl groups is 1. The molecule has 136 valence electrons. The topological polar surface area (TPSA) is 47.3 Å². The monoisotopic (exact) mass is 378 g/mol. The van der Waals surface area contributed by atoms with Crippen LogP contribution in [0.25, 0.3) is 11.0 Å². The highest BCUT2D eigenvalue weighted by molar-refractivity contribution is 6.32. The average Bonchev–Trinajstić information content (AvgIpc) is 3.08. The van der Waals surface area contributed by atoms with Crippen LogP contribution in [0.15, 0.2) is 78.9 Å². The summed E-state index contributed by atoms with van der Waals surface area (Å²) in [5.74, 6) is 1.25. The molecular weight excluding hydrogens is 360 g/mol. The molecule has 0 bridgehead atoms. The maximum atomic E-state index is 10.9. The molecule has 0 aliphatic rings. The normalized spacial score (nSPS) is 12.2. The first-order valence-corrected chi connectivity index (χ1v) is 9.17. The molecule has 4 aromatic rings. The van der Waals surface area contributed by atoms with Gasteiger partial charge >= 0.3 is 0 Å². The number of nitrogens with zero attached hydrogens (tertiary/aromatic N) is 2. The van der Waals surface area contributed by atoms with E-state index in [1.807, 2.05) is 77.4 Å². The number of hydrogen-bond acceptors (Lipinski definition) is 3. The van der Waals surface area contributed by atoms with Crippen LogP contribution in [0, 0.1) is 0 Å². The van der Waals surface area contributed by atoms with Gasteiger partial charge in [0, 0.05) is 0 Å². The lowest BCUT2D eigenvalue weighted by Gasteiger charge is -2.15. The molecule has 5 heteroatoms. The Morgan fingerprint density at radius 2 is 1.63 bits per heavy atom. The molecule has 0 saturated heterocycles. The Bertz CT molecular complexity index is 1050. The first kappa shape index (κ1) is 17.6. The van der Waals surface area contributed by atoms with Crippen LogP contribution in [-0.4, -0.2) is 21.3 Å². The SMILES string of the molecule is O[C@@H](c1ccccc1)c1nc2ccccc2n1CCOc1ccccc1Cl. The van der Waals surface area contributed by atoms with Crippen LogP contribution in [-0.2, 0) is 6.54 Å². The van der Waals surface area contributed by atoms with Gasteiger partial charge in [0.05, 0.1) is 22.6 Å². The van der Waals surface area contributed by atoms with Crippen LogP contribution in [0.2, 0.25) is 5.02 Å². The molecule has 0 aliphatic heterocycles. The van der Waals surface area contributed by atoms with Crippen molar-refractivity contribution in [2.24, 2.45) is 0 Å². The Kier molecular flexibility index (Phi) is 5.10. The van der Waals surface area contributed by atoms with Crippen LogP contribution < -0.4 is 4.74 Å². The number of para-hydroxylation sites is 3. The highest BCUT2D eigenvalue weighted by Crippen LogP contribution is 2.26. The van der Waals surface area contributed by atoms with Crippen LogP contribution in [0.4, 0.5) is 0 Å². The van der Waals surface area contributed by atoms with Gasteiger partial charge in [-0.1, -0.05) is 66.2 Å². The van der Waals surface area contributed by atoms with Crippen LogP contribution in [0.3, 0.4) is 0 Å². The van der Waals surface area contributed by atoms with Gasteiger partial charge < -0.3 is 14.4 Å². The van der Waals surface area contributed by atoms with Gasteiger partial charge in [-0.25, -0.2) is 4.98 Å². The van der Waals surface area contributed by atoms with Crippen LogP contribution in [0.5, 0.6) is 5.75 Å². The van der Waals surface area contributed by atoms with E-state index in [4.69, 9.17) is 16.3 Å². The lowest BCUT2D eigenvalue weighted by atomic mass is 10.1. The summed E-state index contributed by atoms with van der Waals surface area (Å²) in [5, 5.41) is 11.5. The predicted molar refractivity (Wildman–Crippen MR) is 107 cm³/mol. The number of hydrogen-bond donors (Lipinski definition) is 1. The van der Waals surface area contributed by atoms with E-state index >= 15 is 0 Å². The zero-order valence-corrected chi connectivity index (χ0v) is 15.4. The third-order valence-corrected chi connectivity index (χ3v) is 4.77. The minimum Gasteiger partial charge on any atom is -0.490 e. The van der Waals surface area contributed by atoms with E-state index in [2.05, 4.69) is 4.98 Å². The summed E-state index contributed by atoms with van der Waals surface area (Å²) in [6.45, 7) is 0.962. The molecule has 0 aliphatic carbocycles. The van der Waals surface area contributed by atoms with E-state index in [1.54, 1.807) is 6.07 Å². The Balaban J connectivity index is 1.63. The molecule has 0 saturated carbocycles. The summed E-state index contributed by atoms with van der Waals surface area (Å²) < 4.78 is 7.84. The largest absolute Gasteiger partial charge is 0.490 e. The molecule has 1 heterocycles. The number of fused-ring (bicyclic) bond motifs is 1. The van der Waals surface area contributed by atoms with Gasteiger partial charge in [0.2, 0.25) is 0 Å². The number of halogens is 1. The molecule has 0 radical (unpaired) electrons. The summed E-state index contributed by atoms with van der Waals surface area (Å²) in [7, 11) is 0. The number of aliphatic hydroxyl groups excluding tert-OH is 1. The molecule has 0 fully saturated rings. The zero-order chi connectivity index (χ0) is 18.6. The van der Waals surface area contributed by atoms with E-state index in [9.17, 15) is 5.11 Å². The maximum absolute atomic E-state index is 10.9. The van der Waals surface area contributed by atoms with Crippen molar-refractivity contribution in [1.82, 2.24) is 9.55 Å². The van der Waals surface area contributed by atoms with Crippen LogP contribution >= 0.6 is 11.6 Å². The first-order chi connectivity index (χ1) is 13.2. The van der Waals surface area contributed by atoms with Gasteiger partial charge in [0.25, 0.3) is 0 Å². The number of ether oxygens (including phenoxy) is 1. The van der Waals surface area contributed by atoms with Gasteiger partial charge in [-0.2, -0.15) is 0 Å². The number of aromatic nitrogens is 2. The van der Waals surface area contributed by atoms with E-state index in [1.165, 1.54) is 0 Å². The van der Waals surface area contributed by atoms with Gasteiger partial charge in [-0.15, -0.1) is 0 Å². The van der Waals surface area contributed by atoms with Gasteiger partial charge in [0.1, 0.15) is 24.3 Å². The van der Waals surface area contributed by atoms with Gasteiger partial charge in [-0.05, 0) is 29.8 Å². The second-order valence-corrected chi connectivity index (χ2v) is 6.61. The number of imidazole rings is 1. The van der Waals surface area contributed by atoms with E-state index < -0.39 is 6.10 Å². The average molecular weight is 379 g/mol. The molecule has 0 spiro atoms. The molecule has 4 nitrogen and oxygen atoms in total. The van der Waals surface area contributed by atoms with Crippen molar-refractivity contribution < 1.29 is 9.84 Å². The number of rotatable bonds is 6. The fourth-order valence-electron chi connectivity index (χ4n) is 3.13. The standard InChI is InChI=1S/C22H19ClN2O2/c23-17-10-4-7-13-20(17)27-15-14-25-19-12-6-5-11-18(19)24-22(25)21(26)16-8-2-1-3-9-16/h1-13,21,26H,14-15H2/t21-/m0/s1. The second-order valence-electron chi connectivity index (χ2n) is 6.20. The Morgan fingerprint density at radius 1 is 0.926 bits per heavy atom. The summed E-state index contributed by atoms with van der Waals surface area (Å²) >= 11 is 6.16. The predicted octanol–water partition coefficient (Wildman–Crippen LogP) is 4.85. The van der Waals surface area contributed by atoms with Gasteiger partial charge in [0.15, 0.2) is 0 Å². The summed E-state index contributed by atoms with van der Waals surface area (Å²) in [6.07, 6.45) is -0.807. The highest BCUT2D eigenvalue weighted by Gasteiger charge is 2.19. The summed E-state index contributed by atoms with van der Waals surface area (Å²) in [6, 6.07) is 24.8. The quantitative estimate of drug-likeness (QED) is 0.521. The fourth-order valence-corrected chi connectivity index (χ4v) is 3.32. The lowest BCUT2D eigenvalue weighted by Crippen LogP contribution is -2.14. The smallest absolute Gasteiger partial charge is 0.143 e. The molecule has 1 aromatic heterocycles. The van der Waals surface area contributed by atoms with Crippen molar-refractivity contribution in [1.29, 1.82) is 0 Å². The molecule has 1 N–H and O–H groups in total. The van der Waals surface area contributed by atoms with E-state index in [-0.39, 0.29) is 0 Å². The molecule has 1 atom stereocenters. The lowest BCUT2D eigenvalue weighted by molar-refractivity contribution is 0.201. The van der Waals surface area contributed by atoms with E-state index in [0.29, 0.717) is 29.7 Å². The Morgan fingerprint density at radius 3 is 2.44 bits per heavy atom. The van der Waals surface area contributed by atoms with Crippen molar-refractivity contribution in [2.75, 3.05) is 6.61 Å². The minimum absolute atomic E-state index is 0.415. The van der Waals surface area contributed by atoms with Crippen molar-refractivity contribution in [3.05, 3.63) is 95.3 Å².